The van der Waals surface area contributed by atoms with Crippen LogP contribution < -0.4 is 4.74 Å². The Bertz CT molecular complexity index is 1050. The van der Waals surface area contributed by atoms with E-state index in [0.29, 0.717) is 23.5 Å². The summed E-state index contributed by atoms with van der Waals surface area (Å²) in [6.45, 7) is 0.458. The highest BCUT2D eigenvalue weighted by Crippen LogP contribution is 2.23. The molecule has 0 fully saturated rings. The quantitative estimate of drug-likeness (QED) is 0.206. The van der Waals surface area contributed by atoms with Crippen LogP contribution in [0.15, 0.2) is 77.3 Å². The van der Waals surface area contributed by atoms with Crippen LogP contribution in [0, 0.1) is 21.4 Å². The van der Waals surface area contributed by atoms with Crippen molar-refractivity contribution >= 4 is 33.3 Å². The van der Waals surface area contributed by atoms with Crippen molar-refractivity contribution in [2.45, 2.75) is 6.61 Å². The monoisotopic (exact) mass is 434 g/mol. The van der Waals surface area contributed by atoms with E-state index in [-0.39, 0.29) is 5.69 Å². The normalized spacial score (nSPS) is 10.9. The number of hydrogen-bond acceptors (Lipinski definition) is 4. The van der Waals surface area contributed by atoms with Gasteiger partial charge in [0.05, 0.1) is 16.6 Å². The Morgan fingerprint density at radius 2 is 1.82 bits per heavy atom. The second-order valence-electron chi connectivity index (χ2n) is 5.96. The Labute approximate surface area is 170 Å². The van der Waals surface area contributed by atoms with Crippen molar-refractivity contribution in [2.24, 2.45) is 0 Å². The van der Waals surface area contributed by atoms with Gasteiger partial charge < -0.3 is 4.74 Å². The highest BCUT2D eigenvalue weighted by atomic mass is 79.9. The van der Waals surface area contributed by atoms with Gasteiger partial charge in [0, 0.05) is 16.6 Å². The molecular formula is C22H15BrN2O3. The first-order chi connectivity index (χ1) is 13.5. The van der Waals surface area contributed by atoms with E-state index in [1.54, 1.807) is 18.2 Å². The molecule has 5 nitrogen and oxygen atoms in total. The van der Waals surface area contributed by atoms with Gasteiger partial charge in [0.1, 0.15) is 12.4 Å². The van der Waals surface area contributed by atoms with Crippen LogP contribution in [0.25, 0.3) is 11.6 Å². The Balaban J connectivity index is 1.73. The average Bonchev–Trinajstić information content (AvgIpc) is 2.72. The van der Waals surface area contributed by atoms with Gasteiger partial charge in [0.2, 0.25) is 0 Å². The molecule has 0 radical (unpaired) electrons. The lowest BCUT2D eigenvalue weighted by atomic mass is 10.0. The molecule has 0 heterocycles. The zero-order valence-electron chi connectivity index (χ0n) is 14.7. The molecule has 138 valence electrons. The zero-order chi connectivity index (χ0) is 19.9. The summed E-state index contributed by atoms with van der Waals surface area (Å²) in [6.07, 6.45) is 1.69. The number of non-ortho nitro benzene ring substituents is 1. The summed E-state index contributed by atoms with van der Waals surface area (Å²) < 4.78 is 6.79. The van der Waals surface area contributed by atoms with Gasteiger partial charge in [-0.25, -0.2) is 0 Å². The van der Waals surface area contributed by atoms with Gasteiger partial charge in [-0.15, -0.1) is 0 Å². The van der Waals surface area contributed by atoms with Crippen LogP contribution in [0.5, 0.6) is 5.75 Å². The molecule has 6 heteroatoms. The van der Waals surface area contributed by atoms with Gasteiger partial charge in [-0.1, -0.05) is 52.3 Å². The van der Waals surface area contributed by atoms with Crippen LogP contribution in [0.2, 0.25) is 0 Å². The largest absolute Gasteiger partial charge is 0.489 e. The maximum absolute atomic E-state index is 10.9. The van der Waals surface area contributed by atoms with Crippen LogP contribution in [0.1, 0.15) is 16.7 Å². The molecule has 0 aromatic heterocycles. The fourth-order valence-electron chi connectivity index (χ4n) is 2.54. The lowest BCUT2D eigenvalue weighted by Crippen LogP contribution is -1.95. The van der Waals surface area contributed by atoms with Crippen molar-refractivity contribution in [3.8, 4) is 11.8 Å². The molecule has 0 bridgehead atoms. The highest BCUT2D eigenvalue weighted by Gasteiger charge is 2.09. The van der Waals surface area contributed by atoms with Crippen molar-refractivity contribution in [3.05, 3.63) is 104 Å². The van der Waals surface area contributed by atoms with Crippen LogP contribution in [0.3, 0.4) is 0 Å². The topological polar surface area (TPSA) is 76.2 Å². The second-order valence-corrected chi connectivity index (χ2v) is 6.88. The Morgan fingerprint density at radius 1 is 1.11 bits per heavy atom. The molecule has 28 heavy (non-hydrogen) atoms. The first kappa shape index (κ1) is 19.3. The SMILES string of the molecule is N#CC(=Cc1ccc(OCc2ccc(Br)cc2)cc1)c1cccc([N+](=O)[O-])c1. The number of rotatable bonds is 6. The maximum atomic E-state index is 10.9. The van der Waals surface area contributed by atoms with Gasteiger partial charge in [-0.05, 0) is 47.0 Å². The van der Waals surface area contributed by atoms with Crippen molar-refractivity contribution in [3.63, 3.8) is 0 Å². The summed E-state index contributed by atoms with van der Waals surface area (Å²) in [5.41, 5.74) is 2.68. The molecule has 0 aliphatic heterocycles. The first-order valence-corrected chi connectivity index (χ1v) is 9.18. The molecule has 0 spiro atoms. The number of allylic oxidation sites excluding steroid dienone is 1. The van der Waals surface area contributed by atoms with E-state index < -0.39 is 4.92 Å². The van der Waals surface area contributed by atoms with Crippen LogP contribution in [-0.2, 0) is 6.61 Å². The van der Waals surface area contributed by atoms with Crippen LogP contribution in [0.4, 0.5) is 5.69 Å². The van der Waals surface area contributed by atoms with Crippen molar-refractivity contribution < 1.29 is 9.66 Å². The Hall–Kier alpha value is -3.43. The molecule has 0 aliphatic rings. The predicted molar refractivity (Wildman–Crippen MR) is 111 cm³/mol. The molecule has 0 N–H and O–H groups in total. The number of nitriles is 1. The van der Waals surface area contributed by atoms with E-state index >= 15 is 0 Å². The van der Waals surface area contributed by atoms with Gasteiger partial charge in [0.25, 0.3) is 5.69 Å². The van der Waals surface area contributed by atoms with E-state index in [1.807, 2.05) is 48.5 Å². The molecule has 3 rings (SSSR count). The number of ether oxygens (including phenoxy) is 1. The molecule has 0 aliphatic carbocycles. The summed E-state index contributed by atoms with van der Waals surface area (Å²) in [4.78, 5) is 10.5. The number of hydrogen-bond donors (Lipinski definition) is 0. The fraction of sp³-hybridized carbons (Fsp3) is 0.0455. The number of nitro benzene ring substituents is 1. The molecular weight excluding hydrogens is 420 g/mol. The maximum Gasteiger partial charge on any atom is 0.270 e. The smallest absolute Gasteiger partial charge is 0.270 e. The number of nitro groups is 1. The first-order valence-electron chi connectivity index (χ1n) is 8.39. The standard InChI is InChI=1S/C22H15BrN2O3/c23-20-8-4-17(5-9-20)15-28-22-10-6-16(7-11-22)12-19(14-24)18-2-1-3-21(13-18)25(26)27/h1-13H,15H2. The highest BCUT2D eigenvalue weighted by molar-refractivity contribution is 9.10. The van der Waals surface area contributed by atoms with E-state index in [2.05, 4.69) is 22.0 Å². The Morgan fingerprint density at radius 3 is 2.46 bits per heavy atom. The van der Waals surface area contributed by atoms with Crippen LogP contribution >= 0.6 is 15.9 Å². The molecule has 3 aromatic rings. The summed E-state index contributed by atoms with van der Waals surface area (Å²) in [5, 5.41) is 20.4. The molecule has 0 unspecified atom stereocenters. The van der Waals surface area contributed by atoms with Crippen LogP contribution in [-0.4, -0.2) is 4.92 Å². The summed E-state index contributed by atoms with van der Waals surface area (Å²) in [6, 6.07) is 23.4. The molecule has 3 aromatic carbocycles. The number of halogens is 1. The molecule has 0 saturated heterocycles. The number of benzene rings is 3. The minimum absolute atomic E-state index is 0.0460. The molecule has 0 amide bonds. The van der Waals surface area contributed by atoms with E-state index in [0.717, 1.165) is 15.6 Å². The van der Waals surface area contributed by atoms with Gasteiger partial charge >= 0.3 is 0 Å². The van der Waals surface area contributed by atoms with Gasteiger partial charge in [0.15, 0.2) is 0 Å². The fourth-order valence-corrected chi connectivity index (χ4v) is 2.81. The summed E-state index contributed by atoms with van der Waals surface area (Å²) in [5.74, 6) is 0.717. The molecule has 0 atom stereocenters. The van der Waals surface area contributed by atoms with E-state index in [4.69, 9.17) is 4.74 Å². The van der Waals surface area contributed by atoms with Crippen molar-refractivity contribution in [2.75, 3.05) is 0 Å². The predicted octanol–water partition coefficient (Wildman–Crippen LogP) is 6.00. The lowest BCUT2D eigenvalue weighted by Gasteiger charge is -2.07. The van der Waals surface area contributed by atoms with Crippen molar-refractivity contribution in [1.29, 1.82) is 5.26 Å². The summed E-state index contributed by atoms with van der Waals surface area (Å²) >= 11 is 3.40. The third-order valence-electron chi connectivity index (χ3n) is 4.00. The minimum atomic E-state index is -0.476. The third-order valence-corrected chi connectivity index (χ3v) is 4.53. The van der Waals surface area contributed by atoms with Gasteiger partial charge in [-0.2, -0.15) is 5.26 Å². The third kappa shape index (κ3) is 5.06. The molecule has 0 saturated carbocycles. The van der Waals surface area contributed by atoms with E-state index in [1.165, 1.54) is 12.1 Å². The lowest BCUT2D eigenvalue weighted by molar-refractivity contribution is -0.384. The second kappa shape index (κ2) is 8.98. The average molecular weight is 435 g/mol. The van der Waals surface area contributed by atoms with Gasteiger partial charge in [-0.3, -0.25) is 10.1 Å². The number of nitrogens with zero attached hydrogens (tertiary/aromatic N) is 2. The van der Waals surface area contributed by atoms with Crippen molar-refractivity contribution in [1.82, 2.24) is 0 Å². The zero-order valence-corrected chi connectivity index (χ0v) is 16.3. The van der Waals surface area contributed by atoms with E-state index in [9.17, 15) is 15.4 Å². The summed E-state index contributed by atoms with van der Waals surface area (Å²) in [7, 11) is 0. The minimum Gasteiger partial charge on any atom is -0.489 e. The Kier molecular flexibility index (Phi) is 6.20.